The molecular weight excluding hydrogens is 314 g/mol. The van der Waals surface area contributed by atoms with Crippen molar-refractivity contribution in [1.82, 2.24) is 10.3 Å². The molecule has 2 rings (SSSR count). The van der Waals surface area contributed by atoms with Crippen molar-refractivity contribution >= 4 is 28.9 Å². The number of nitrogens with one attached hydrogen (secondary N) is 2. The van der Waals surface area contributed by atoms with Gasteiger partial charge in [0.1, 0.15) is 5.75 Å². The summed E-state index contributed by atoms with van der Waals surface area (Å²) in [6, 6.07) is 7.00. The number of pyridine rings is 1. The molecule has 0 bridgehead atoms. The molecule has 0 saturated heterocycles. The molecule has 1 heterocycles. The second kappa shape index (κ2) is 6.87. The molecule has 0 atom stereocenters. The van der Waals surface area contributed by atoms with Crippen LogP contribution in [0.25, 0.3) is 0 Å². The summed E-state index contributed by atoms with van der Waals surface area (Å²) < 4.78 is 5.30. The Kier molecular flexibility index (Phi) is 5.11. The second-order valence-electron chi connectivity index (χ2n) is 6.14. The third kappa shape index (κ3) is 4.86. The summed E-state index contributed by atoms with van der Waals surface area (Å²) >= 11 is 6.02. The van der Waals surface area contributed by atoms with Gasteiger partial charge in [-0.25, -0.2) is 0 Å². The third-order valence-electron chi connectivity index (χ3n) is 2.93. The maximum Gasteiger partial charge on any atom is 0.253 e. The molecule has 6 heteroatoms. The minimum Gasteiger partial charge on any atom is -0.495 e. The van der Waals surface area contributed by atoms with Crippen molar-refractivity contribution in [1.29, 1.82) is 0 Å². The Bertz CT molecular complexity index is 711. The van der Waals surface area contributed by atoms with E-state index in [2.05, 4.69) is 15.6 Å². The number of carbonyl (C=O) groups excluding carboxylic acids is 1. The number of nitrogens with zero attached hydrogens (tertiary/aromatic N) is 1. The van der Waals surface area contributed by atoms with Gasteiger partial charge in [-0.2, -0.15) is 0 Å². The predicted octanol–water partition coefficient (Wildman–Crippen LogP) is 4.02. The van der Waals surface area contributed by atoms with Crippen LogP contribution in [0.2, 0.25) is 5.02 Å². The molecule has 1 amide bonds. The van der Waals surface area contributed by atoms with E-state index in [1.807, 2.05) is 20.8 Å². The molecule has 23 heavy (non-hydrogen) atoms. The molecule has 0 radical (unpaired) electrons. The Morgan fingerprint density at radius 3 is 2.61 bits per heavy atom. The molecule has 0 aliphatic carbocycles. The van der Waals surface area contributed by atoms with Crippen LogP contribution < -0.4 is 15.4 Å². The highest BCUT2D eigenvalue weighted by Gasteiger charge is 2.16. The van der Waals surface area contributed by atoms with Crippen LogP contribution >= 0.6 is 11.6 Å². The zero-order valence-corrected chi connectivity index (χ0v) is 14.4. The van der Waals surface area contributed by atoms with Gasteiger partial charge in [0.15, 0.2) is 0 Å². The van der Waals surface area contributed by atoms with Gasteiger partial charge in [-0.3, -0.25) is 9.78 Å². The SMILES string of the molecule is COc1ccc(Cl)cc1Nc1cncc(C(=O)NC(C)(C)C)c1. The average Bonchev–Trinajstić information content (AvgIpc) is 2.46. The fraction of sp³-hybridized carbons (Fsp3) is 0.294. The van der Waals surface area contributed by atoms with Gasteiger partial charge in [-0.15, -0.1) is 0 Å². The zero-order valence-electron chi connectivity index (χ0n) is 13.6. The summed E-state index contributed by atoms with van der Waals surface area (Å²) in [6.07, 6.45) is 3.16. The normalized spacial score (nSPS) is 11.0. The van der Waals surface area contributed by atoms with Crippen LogP contribution in [-0.2, 0) is 0 Å². The summed E-state index contributed by atoms with van der Waals surface area (Å²) in [5.41, 5.74) is 1.55. The smallest absolute Gasteiger partial charge is 0.253 e. The number of carbonyl (C=O) groups is 1. The van der Waals surface area contributed by atoms with E-state index in [4.69, 9.17) is 16.3 Å². The molecular formula is C17H20ClN3O2. The highest BCUT2D eigenvalue weighted by molar-refractivity contribution is 6.31. The number of methoxy groups -OCH3 is 1. The van der Waals surface area contributed by atoms with Gasteiger partial charge in [0.05, 0.1) is 30.2 Å². The van der Waals surface area contributed by atoms with Crippen LogP contribution in [0.3, 0.4) is 0 Å². The molecule has 0 unspecified atom stereocenters. The second-order valence-corrected chi connectivity index (χ2v) is 6.57. The lowest BCUT2D eigenvalue weighted by Gasteiger charge is -2.20. The minimum atomic E-state index is -0.309. The van der Waals surface area contributed by atoms with Crippen molar-refractivity contribution in [2.75, 3.05) is 12.4 Å². The Morgan fingerprint density at radius 1 is 1.22 bits per heavy atom. The van der Waals surface area contributed by atoms with Crippen molar-refractivity contribution in [3.63, 3.8) is 0 Å². The predicted molar refractivity (Wildman–Crippen MR) is 92.7 cm³/mol. The van der Waals surface area contributed by atoms with Crippen LogP contribution in [0.15, 0.2) is 36.7 Å². The van der Waals surface area contributed by atoms with E-state index in [0.29, 0.717) is 27.7 Å². The lowest BCUT2D eigenvalue weighted by atomic mass is 10.1. The molecule has 0 aliphatic heterocycles. The van der Waals surface area contributed by atoms with Crippen molar-refractivity contribution in [2.24, 2.45) is 0 Å². The molecule has 0 saturated carbocycles. The summed E-state index contributed by atoms with van der Waals surface area (Å²) in [5.74, 6) is 0.477. The van der Waals surface area contributed by atoms with Crippen LogP contribution in [0, 0.1) is 0 Å². The van der Waals surface area contributed by atoms with Crippen molar-refractivity contribution in [3.05, 3.63) is 47.2 Å². The van der Waals surface area contributed by atoms with Crippen molar-refractivity contribution < 1.29 is 9.53 Å². The maximum absolute atomic E-state index is 12.2. The Balaban J connectivity index is 2.24. The van der Waals surface area contributed by atoms with Gasteiger partial charge in [0, 0.05) is 16.8 Å². The maximum atomic E-state index is 12.2. The zero-order chi connectivity index (χ0) is 17.0. The number of hydrogen-bond donors (Lipinski definition) is 2. The first kappa shape index (κ1) is 17.1. The largest absolute Gasteiger partial charge is 0.495 e. The fourth-order valence-corrected chi connectivity index (χ4v) is 2.15. The van der Waals surface area contributed by atoms with Gasteiger partial charge >= 0.3 is 0 Å². The summed E-state index contributed by atoms with van der Waals surface area (Å²) in [7, 11) is 1.58. The standard InChI is InChI=1S/C17H20ClN3O2/c1-17(2,3)21-16(22)11-7-13(10-19-9-11)20-14-8-12(18)5-6-15(14)23-4/h5-10,20H,1-4H3,(H,21,22). The Morgan fingerprint density at radius 2 is 1.96 bits per heavy atom. The molecule has 0 fully saturated rings. The molecule has 5 nitrogen and oxygen atoms in total. The lowest BCUT2D eigenvalue weighted by Crippen LogP contribution is -2.40. The minimum absolute atomic E-state index is 0.174. The van der Waals surface area contributed by atoms with E-state index < -0.39 is 0 Å². The first-order chi connectivity index (χ1) is 10.8. The molecule has 1 aromatic heterocycles. The number of anilines is 2. The quantitative estimate of drug-likeness (QED) is 0.887. The lowest BCUT2D eigenvalue weighted by molar-refractivity contribution is 0.0919. The molecule has 1 aromatic carbocycles. The van der Waals surface area contributed by atoms with E-state index in [0.717, 1.165) is 0 Å². The van der Waals surface area contributed by atoms with Crippen molar-refractivity contribution in [3.8, 4) is 5.75 Å². The van der Waals surface area contributed by atoms with E-state index >= 15 is 0 Å². The summed E-state index contributed by atoms with van der Waals surface area (Å²) in [6.45, 7) is 5.78. The van der Waals surface area contributed by atoms with Gasteiger partial charge in [0.2, 0.25) is 0 Å². The number of aromatic nitrogens is 1. The highest BCUT2D eigenvalue weighted by Crippen LogP contribution is 2.30. The summed E-state index contributed by atoms with van der Waals surface area (Å²) in [5, 5.41) is 6.66. The van der Waals surface area contributed by atoms with E-state index in [1.165, 1.54) is 6.20 Å². The third-order valence-corrected chi connectivity index (χ3v) is 3.16. The number of halogens is 1. The molecule has 0 spiro atoms. The van der Waals surface area contributed by atoms with E-state index in [1.54, 1.807) is 37.6 Å². The van der Waals surface area contributed by atoms with Crippen LogP contribution in [0.5, 0.6) is 5.75 Å². The topological polar surface area (TPSA) is 63.2 Å². The van der Waals surface area contributed by atoms with Gasteiger partial charge < -0.3 is 15.4 Å². The molecule has 2 aromatic rings. The number of amides is 1. The first-order valence-corrected chi connectivity index (χ1v) is 7.54. The molecule has 2 N–H and O–H groups in total. The van der Waals surface area contributed by atoms with E-state index in [9.17, 15) is 4.79 Å². The summed E-state index contributed by atoms with van der Waals surface area (Å²) in [4.78, 5) is 16.3. The highest BCUT2D eigenvalue weighted by atomic mass is 35.5. The monoisotopic (exact) mass is 333 g/mol. The Hall–Kier alpha value is -2.27. The fourth-order valence-electron chi connectivity index (χ4n) is 1.98. The number of benzene rings is 1. The van der Waals surface area contributed by atoms with Crippen molar-refractivity contribution in [2.45, 2.75) is 26.3 Å². The number of hydrogen-bond acceptors (Lipinski definition) is 4. The Labute approximate surface area is 141 Å². The molecule has 0 aliphatic rings. The van der Waals surface area contributed by atoms with Crippen LogP contribution in [0.4, 0.5) is 11.4 Å². The van der Waals surface area contributed by atoms with Crippen LogP contribution in [0.1, 0.15) is 31.1 Å². The van der Waals surface area contributed by atoms with Gasteiger partial charge in [-0.05, 0) is 45.0 Å². The number of rotatable bonds is 4. The number of ether oxygens (including phenoxy) is 1. The van der Waals surface area contributed by atoms with Crippen LogP contribution in [-0.4, -0.2) is 23.5 Å². The van der Waals surface area contributed by atoms with E-state index in [-0.39, 0.29) is 11.4 Å². The average molecular weight is 334 g/mol. The molecule has 122 valence electrons. The first-order valence-electron chi connectivity index (χ1n) is 7.16. The van der Waals surface area contributed by atoms with Gasteiger partial charge in [-0.1, -0.05) is 11.6 Å². The van der Waals surface area contributed by atoms with Gasteiger partial charge in [0.25, 0.3) is 5.91 Å².